The van der Waals surface area contributed by atoms with Crippen LogP contribution < -0.4 is 14.4 Å². The van der Waals surface area contributed by atoms with E-state index in [1.54, 1.807) is 29.2 Å². The molecule has 10 heteroatoms. The zero-order valence-electron chi connectivity index (χ0n) is 24.5. The van der Waals surface area contributed by atoms with Gasteiger partial charge in [-0.2, -0.15) is 0 Å². The largest absolute Gasteiger partial charge is 0.495 e. The minimum Gasteiger partial charge on any atom is -0.495 e. The third-order valence-corrected chi connectivity index (χ3v) is 8.58. The first kappa shape index (κ1) is 33.1. The Bertz CT molecular complexity index is 1400. The van der Waals surface area contributed by atoms with Crippen LogP contribution in [0.5, 0.6) is 5.75 Å². The lowest BCUT2D eigenvalue weighted by molar-refractivity contribution is -0.141. The SMILES string of the molecule is CCCCNC(=O)[C@@H](Cc1ccccc1)N(Cc1ccc(Br)cc1)C(=O)CCCN(c1ccccc1OC)S(C)(=O)=O. The first-order chi connectivity index (χ1) is 20.1. The van der Waals surface area contributed by atoms with Crippen LogP contribution in [0, 0.1) is 0 Å². The Morgan fingerprint density at radius 1 is 0.929 bits per heavy atom. The van der Waals surface area contributed by atoms with Crippen LogP contribution in [0.1, 0.15) is 43.7 Å². The van der Waals surface area contributed by atoms with Crippen molar-refractivity contribution >= 4 is 43.5 Å². The van der Waals surface area contributed by atoms with Crippen molar-refractivity contribution in [3.05, 3.63) is 94.5 Å². The van der Waals surface area contributed by atoms with Gasteiger partial charge in [0, 0.05) is 36.9 Å². The highest BCUT2D eigenvalue weighted by molar-refractivity contribution is 9.10. The summed E-state index contributed by atoms with van der Waals surface area (Å²) in [7, 11) is -2.16. The molecule has 0 aliphatic carbocycles. The summed E-state index contributed by atoms with van der Waals surface area (Å²) in [6.45, 7) is 2.92. The van der Waals surface area contributed by atoms with Crippen molar-refractivity contribution in [1.29, 1.82) is 0 Å². The molecular formula is C32H40BrN3O5S. The van der Waals surface area contributed by atoms with Gasteiger partial charge in [0.25, 0.3) is 0 Å². The van der Waals surface area contributed by atoms with Crippen molar-refractivity contribution in [3.63, 3.8) is 0 Å². The smallest absolute Gasteiger partial charge is 0.243 e. The normalized spacial score (nSPS) is 11.9. The Labute approximate surface area is 258 Å². The van der Waals surface area contributed by atoms with Gasteiger partial charge in [0.15, 0.2) is 0 Å². The van der Waals surface area contributed by atoms with Crippen LogP contribution in [0.15, 0.2) is 83.3 Å². The van der Waals surface area contributed by atoms with E-state index in [1.807, 2.05) is 54.6 Å². The van der Waals surface area contributed by atoms with Crippen LogP contribution in [0.25, 0.3) is 0 Å². The van der Waals surface area contributed by atoms with Crippen LogP contribution in [-0.4, -0.2) is 57.6 Å². The molecule has 0 bridgehead atoms. The number of hydrogen-bond donors (Lipinski definition) is 1. The molecule has 0 saturated carbocycles. The highest BCUT2D eigenvalue weighted by atomic mass is 79.9. The van der Waals surface area contributed by atoms with Gasteiger partial charge >= 0.3 is 0 Å². The van der Waals surface area contributed by atoms with Crippen molar-refractivity contribution < 1.29 is 22.7 Å². The number of ether oxygens (including phenoxy) is 1. The maximum atomic E-state index is 13.9. The van der Waals surface area contributed by atoms with Gasteiger partial charge in [-0.15, -0.1) is 0 Å². The van der Waals surface area contributed by atoms with Crippen LogP contribution in [0.4, 0.5) is 5.69 Å². The fourth-order valence-corrected chi connectivity index (χ4v) is 5.90. The van der Waals surface area contributed by atoms with Gasteiger partial charge in [0.05, 0.1) is 19.1 Å². The number of unbranched alkanes of at least 4 members (excludes halogenated alkanes) is 1. The number of hydrogen-bond acceptors (Lipinski definition) is 5. The van der Waals surface area contributed by atoms with Gasteiger partial charge in [-0.1, -0.05) is 83.9 Å². The number of benzene rings is 3. The van der Waals surface area contributed by atoms with Crippen molar-refractivity contribution in [1.82, 2.24) is 10.2 Å². The van der Waals surface area contributed by atoms with Crippen molar-refractivity contribution in [2.45, 2.75) is 51.6 Å². The van der Waals surface area contributed by atoms with Gasteiger partial charge < -0.3 is 15.0 Å². The number of carbonyl (C=O) groups is 2. The van der Waals surface area contributed by atoms with E-state index in [0.29, 0.717) is 24.4 Å². The number of para-hydroxylation sites is 2. The van der Waals surface area contributed by atoms with Crippen LogP contribution in [0.2, 0.25) is 0 Å². The summed E-state index contributed by atoms with van der Waals surface area (Å²) in [6, 6.07) is 23.5. The van der Waals surface area contributed by atoms with E-state index < -0.39 is 16.1 Å². The fraction of sp³-hybridized carbons (Fsp3) is 0.375. The van der Waals surface area contributed by atoms with Gasteiger partial charge in [0.1, 0.15) is 11.8 Å². The highest BCUT2D eigenvalue weighted by Crippen LogP contribution is 2.30. The van der Waals surface area contributed by atoms with Crippen LogP contribution >= 0.6 is 15.9 Å². The molecule has 0 fully saturated rings. The standard InChI is InChI=1S/C32H40BrN3O5S/c1-4-5-21-34-32(38)29(23-25-12-7-6-8-13-25)35(24-26-17-19-27(33)20-18-26)31(37)16-11-22-36(42(3,39)40)28-14-9-10-15-30(28)41-2/h6-10,12-15,17-20,29H,4-5,11,16,21-24H2,1-3H3,(H,34,38)/t29-/m1/s1. The Morgan fingerprint density at radius 2 is 1.60 bits per heavy atom. The molecule has 3 aromatic carbocycles. The first-order valence-electron chi connectivity index (χ1n) is 14.1. The zero-order valence-corrected chi connectivity index (χ0v) is 26.9. The van der Waals surface area contributed by atoms with E-state index in [0.717, 1.165) is 34.7 Å². The molecule has 42 heavy (non-hydrogen) atoms. The molecule has 0 unspecified atom stereocenters. The number of methoxy groups -OCH3 is 1. The molecule has 0 aliphatic rings. The van der Waals surface area contributed by atoms with Crippen LogP contribution in [-0.2, 0) is 32.6 Å². The molecule has 0 aromatic heterocycles. The third kappa shape index (κ3) is 9.87. The first-order valence-corrected chi connectivity index (χ1v) is 16.7. The minimum atomic E-state index is -3.64. The molecule has 2 amide bonds. The monoisotopic (exact) mass is 657 g/mol. The number of anilines is 1. The van der Waals surface area contributed by atoms with E-state index in [9.17, 15) is 18.0 Å². The van der Waals surface area contributed by atoms with E-state index in [4.69, 9.17) is 4.74 Å². The number of halogens is 1. The molecule has 0 radical (unpaired) electrons. The summed E-state index contributed by atoms with van der Waals surface area (Å²) in [5.74, 6) is 0.000287. The maximum absolute atomic E-state index is 13.9. The molecule has 0 heterocycles. The van der Waals surface area contributed by atoms with E-state index in [1.165, 1.54) is 11.4 Å². The van der Waals surface area contributed by atoms with Crippen molar-refractivity contribution in [2.75, 3.05) is 30.8 Å². The average Bonchev–Trinajstić information content (AvgIpc) is 2.98. The van der Waals surface area contributed by atoms with E-state index in [2.05, 4.69) is 28.2 Å². The highest BCUT2D eigenvalue weighted by Gasteiger charge is 2.30. The Hall–Kier alpha value is -3.37. The summed E-state index contributed by atoms with van der Waals surface area (Å²) >= 11 is 3.46. The second kappa shape index (κ2) is 16.3. The summed E-state index contributed by atoms with van der Waals surface area (Å²) in [6.07, 6.45) is 3.60. The topological polar surface area (TPSA) is 96.0 Å². The Kier molecular flexibility index (Phi) is 12.9. The number of carbonyl (C=O) groups excluding carboxylic acids is 2. The number of amides is 2. The number of nitrogens with one attached hydrogen (secondary N) is 1. The average molecular weight is 659 g/mol. The Morgan fingerprint density at radius 3 is 2.24 bits per heavy atom. The second-order valence-corrected chi connectivity index (χ2v) is 12.9. The molecule has 226 valence electrons. The fourth-order valence-electron chi connectivity index (χ4n) is 4.66. The molecular weight excluding hydrogens is 618 g/mol. The molecule has 0 aliphatic heterocycles. The third-order valence-electron chi connectivity index (χ3n) is 6.87. The van der Waals surface area contributed by atoms with Gasteiger partial charge in [-0.05, 0) is 48.2 Å². The molecule has 8 nitrogen and oxygen atoms in total. The molecule has 1 atom stereocenters. The number of nitrogens with zero attached hydrogens (tertiary/aromatic N) is 2. The van der Waals surface area contributed by atoms with E-state index >= 15 is 0 Å². The molecule has 1 N–H and O–H groups in total. The zero-order chi connectivity index (χ0) is 30.5. The summed E-state index contributed by atoms with van der Waals surface area (Å²) in [5, 5.41) is 3.02. The summed E-state index contributed by atoms with van der Waals surface area (Å²) < 4.78 is 33.0. The van der Waals surface area contributed by atoms with Gasteiger partial charge in [-0.25, -0.2) is 8.42 Å². The van der Waals surface area contributed by atoms with Crippen molar-refractivity contribution in [3.8, 4) is 5.75 Å². The Balaban J connectivity index is 1.88. The predicted molar refractivity (Wildman–Crippen MR) is 171 cm³/mol. The van der Waals surface area contributed by atoms with E-state index in [-0.39, 0.29) is 37.7 Å². The maximum Gasteiger partial charge on any atom is 0.243 e. The predicted octanol–water partition coefficient (Wildman–Crippen LogP) is 5.56. The number of sulfonamides is 1. The quantitative estimate of drug-likeness (QED) is 0.204. The molecule has 0 spiro atoms. The van der Waals surface area contributed by atoms with Gasteiger partial charge in [-0.3, -0.25) is 13.9 Å². The van der Waals surface area contributed by atoms with Crippen LogP contribution in [0.3, 0.4) is 0 Å². The van der Waals surface area contributed by atoms with Gasteiger partial charge in [0.2, 0.25) is 21.8 Å². The summed E-state index contributed by atoms with van der Waals surface area (Å²) in [5.41, 5.74) is 2.25. The molecule has 3 rings (SSSR count). The lowest BCUT2D eigenvalue weighted by Gasteiger charge is -2.32. The summed E-state index contributed by atoms with van der Waals surface area (Å²) in [4.78, 5) is 29.1. The molecule has 0 saturated heterocycles. The lowest BCUT2D eigenvalue weighted by Crippen LogP contribution is -2.50. The molecule has 3 aromatic rings. The van der Waals surface area contributed by atoms with Crippen molar-refractivity contribution in [2.24, 2.45) is 0 Å². The second-order valence-electron chi connectivity index (χ2n) is 10.1. The lowest BCUT2D eigenvalue weighted by atomic mass is 10.0. The minimum absolute atomic E-state index is 0.0607. The number of rotatable bonds is 16.